The van der Waals surface area contributed by atoms with Crippen molar-refractivity contribution < 1.29 is 13.5 Å². The lowest BCUT2D eigenvalue weighted by Gasteiger charge is -2.17. The number of aliphatic hydroxyl groups is 1. The lowest BCUT2D eigenvalue weighted by molar-refractivity contribution is 0.190. The zero-order valence-corrected chi connectivity index (χ0v) is 15.0. The van der Waals surface area contributed by atoms with Gasteiger partial charge in [-0.25, -0.2) is 8.42 Å². The average Bonchev–Trinajstić information content (AvgIpc) is 2.82. The minimum absolute atomic E-state index is 0.0563. The first-order valence-electron chi connectivity index (χ1n) is 7.79. The van der Waals surface area contributed by atoms with Crippen LogP contribution < -0.4 is 16.0 Å². The molecule has 25 heavy (non-hydrogen) atoms. The first-order valence-corrected chi connectivity index (χ1v) is 10.0. The highest BCUT2D eigenvalue weighted by molar-refractivity contribution is 7.91. The van der Waals surface area contributed by atoms with Crippen molar-refractivity contribution in [1.82, 2.24) is 0 Å². The summed E-state index contributed by atoms with van der Waals surface area (Å²) in [6.07, 6.45) is -0.884. The van der Waals surface area contributed by atoms with E-state index in [4.69, 9.17) is 12.2 Å². The number of aliphatic hydroxyl groups excluding tert-OH is 1. The molecule has 132 valence electrons. The van der Waals surface area contributed by atoms with E-state index in [0.717, 1.165) is 17.1 Å². The lowest BCUT2D eigenvalue weighted by atomic mass is 10.2. The van der Waals surface area contributed by atoms with Crippen molar-refractivity contribution in [1.29, 1.82) is 0 Å². The molecular weight excluding hydrogens is 358 g/mol. The topological polar surface area (TPSA) is 90.5 Å². The average molecular weight is 377 g/mol. The van der Waals surface area contributed by atoms with Crippen LogP contribution in [0.5, 0.6) is 0 Å². The van der Waals surface area contributed by atoms with E-state index in [2.05, 4.69) is 16.0 Å². The zero-order chi connectivity index (χ0) is 17.9. The quantitative estimate of drug-likeness (QED) is 0.607. The van der Waals surface area contributed by atoms with Crippen molar-refractivity contribution in [2.75, 3.05) is 27.5 Å². The van der Waals surface area contributed by atoms with Gasteiger partial charge in [0.1, 0.15) is 0 Å². The molecule has 6 nitrogen and oxygen atoms in total. The highest BCUT2D eigenvalue weighted by Gasteiger charge is 2.36. The molecule has 0 bridgehead atoms. The minimum atomic E-state index is -3.17. The number of para-hydroxylation sites is 1. The summed E-state index contributed by atoms with van der Waals surface area (Å²) in [4.78, 5) is 0. The van der Waals surface area contributed by atoms with Gasteiger partial charge in [-0.15, -0.1) is 0 Å². The van der Waals surface area contributed by atoms with Crippen LogP contribution >= 0.6 is 12.2 Å². The molecule has 1 aliphatic heterocycles. The third-order valence-corrected chi connectivity index (χ3v) is 5.77. The van der Waals surface area contributed by atoms with Crippen LogP contribution in [0.2, 0.25) is 0 Å². The second-order valence-corrected chi connectivity index (χ2v) is 8.48. The Morgan fingerprint density at radius 2 is 1.48 bits per heavy atom. The van der Waals surface area contributed by atoms with Gasteiger partial charge >= 0.3 is 0 Å². The second kappa shape index (κ2) is 7.38. The molecule has 2 aromatic rings. The number of nitrogens with one attached hydrogen (secondary N) is 3. The zero-order valence-electron chi connectivity index (χ0n) is 13.3. The molecule has 4 N–H and O–H groups in total. The van der Waals surface area contributed by atoms with Crippen LogP contribution in [0.15, 0.2) is 54.6 Å². The summed E-state index contributed by atoms with van der Waals surface area (Å²) in [6.45, 7) is 0. The molecule has 0 aromatic heterocycles. The molecular formula is C17H19N3O3S2. The van der Waals surface area contributed by atoms with Gasteiger partial charge in [-0.05, 0) is 48.6 Å². The molecule has 3 rings (SSSR count). The van der Waals surface area contributed by atoms with Crippen molar-refractivity contribution >= 4 is 44.2 Å². The molecule has 0 saturated carbocycles. The summed E-state index contributed by atoms with van der Waals surface area (Å²) >= 11 is 5.27. The molecule has 1 fully saturated rings. The fraction of sp³-hybridized carbons (Fsp3) is 0.235. The number of benzene rings is 2. The highest BCUT2D eigenvalue weighted by atomic mass is 32.2. The predicted molar refractivity (Wildman–Crippen MR) is 105 cm³/mol. The smallest absolute Gasteiger partial charge is 0.175 e. The molecule has 0 unspecified atom stereocenters. The Labute approximate surface area is 152 Å². The molecule has 0 aliphatic carbocycles. The molecule has 1 aliphatic rings. The number of hydrogen-bond acceptors (Lipinski definition) is 5. The molecule has 2 atom stereocenters. The largest absolute Gasteiger partial charge is 0.390 e. The normalized spacial score (nSPS) is 21.5. The van der Waals surface area contributed by atoms with E-state index in [9.17, 15) is 13.5 Å². The first kappa shape index (κ1) is 17.7. The van der Waals surface area contributed by atoms with E-state index in [1.807, 2.05) is 54.6 Å². The monoisotopic (exact) mass is 377 g/mol. The van der Waals surface area contributed by atoms with Crippen molar-refractivity contribution in [3.63, 3.8) is 0 Å². The molecule has 1 saturated heterocycles. The second-order valence-electron chi connectivity index (χ2n) is 5.92. The maximum atomic E-state index is 11.5. The Morgan fingerprint density at radius 3 is 2.04 bits per heavy atom. The summed E-state index contributed by atoms with van der Waals surface area (Å²) < 4.78 is 23.1. The van der Waals surface area contributed by atoms with Crippen LogP contribution in [0.3, 0.4) is 0 Å². The number of hydrogen-bond donors (Lipinski definition) is 4. The van der Waals surface area contributed by atoms with Crippen LogP contribution in [-0.2, 0) is 9.84 Å². The van der Waals surface area contributed by atoms with Gasteiger partial charge in [0.15, 0.2) is 14.9 Å². The number of anilines is 3. The van der Waals surface area contributed by atoms with Gasteiger partial charge in [-0.3, -0.25) is 0 Å². The molecule has 0 amide bonds. The summed E-state index contributed by atoms with van der Waals surface area (Å²) in [5, 5.41) is 19.5. The van der Waals surface area contributed by atoms with Crippen molar-refractivity contribution in [3.05, 3.63) is 54.6 Å². The maximum absolute atomic E-state index is 11.5. The first-order chi connectivity index (χ1) is 11.9. The van der Waals surface area contributed by atoms with Crippen LogP contribution in [0.25, 0.3) is 0 Å². The molecule has 1 heterocycles. The number of sulfone groups is 1. The summed E-state index contributed by atoms with van der Waals surface area (Å²) in [5.41, 5.74) is 2.45. The van der Waals surface area contributed by atoms with Gasteiger partial charge in [0.25, 0.3) is 0 Å². The maximum Gasteiger partial charge on any atom is 0.175 e. The summed E-state index contributed by atoms with van der Waals surface area (Å²) in [5.74, 6) is -0.247. The van der Waals surface area contributed by atoms with Crippen molar-refractivity contribution in [2.45, 2.75) is 12.1 Å². The molecule has 0 spiro atoms. The van der Waals surface area contributed by atoms with Gasteiger partial charge in [0.05, 0.1) is 23.7 Å². The van der Waals surface area contributed by atoms with Crippen LogP contribution in [-0.4, -0.2) is 42.3 Å². The molecule has 8 heteroatoms. The van der Waals surface area contributed by atoms with E-state index in [-0.39, 0.29) is 11.5 Å². The highest BCUT2D eigenvalue weighted by Crippen LogP contribution is 2.20. The lowest BCUT2D eigenvalue weighted by Crippen LogP contribution is -2.31. The SMILES string of the molecule is O=S1(=O)C[C@H](Nc2ccc(NC(=S)Nc3ccccc3)cc2)[C@@H](O)C1. The van der Waals surface area contributed by atoms with E-state index >= 15 is 0 Å². The fourth-order valence-corrected chi connectivity index (χ4v) is 4.62. The Balaban J connectivity index is 1.56. The Morgan fingerprint density at radius 1 is 0.920 bits per heavy atom. The fourth-order valence-electron chi connectivity index (χ4n) is 2.65. The van der Waals surface area contributed by atoms with Gasteiger partial charge in [-0.2, -0.15) is 0 Å². The van der Waals surface area contributed by atoms with Crippen LogP contribution in [0.4, 0.5) is 17.1 Å². The van der Waals surface area contributed by atoms with Crippen LogP contribution in [0, 0.1) is 0 Å². The van der Waals surface area contributed by atoms with E-state index in [1.165, 1.54) is 0 Å². The van der Waals surface area contributed by atoms with Gasteiger partial charge < -0.3 is 21.1 Å². The summed E-state index contributed by atoms with van der Waals surface area (Å²) in [7, 11) is -3.17. The Hall–Kier alpha value is -2.16. The molecule has 0 radical (unpaired) electrons. The standard InChI is InChI=1S/C17H19N3O3S2/c21-16-11-25(22,23)10-15(16)18-13-6-8-14(9-7-13)20-17(24)19-12-4-2-1-3-5-12/h1-9,15-16,18,21H,10-11H2,(H2,19,20,24)/t15-,16-/m0/s1. The third-order valence-electron chi connectivity index (χ3n) is 3.85. The van der Waals surface area contributed by atoms with Crippen LogP contribution in [0.1, 0.15) is 0 Å². The molecule has 2 aromatic carbocycles. The van der Waals surface area contributed by atoms with Gasteiger partial charge in [0, 0.05) is 17.1 Å². The van der Waals surface area contributed by atoms with Gasteiger partial charge in [-0.1, -0.05) is 18.2 Å². The number of rotatable bonds is 4. The summed E-state index contributed by atoms with van der Waals surface area (Å²) in [6, 6.07) is 16.4. The van der Waals surface area contributed by atoms with E-state index < -0.39 is 22.0 Å². The van der Waals surface area contributed by atoms with Gasteiger partial charge in [0.2, 0.25) is 0 Å². The Bertz CT molecular complexity index is 839. The minimum Gasteiger partial charge on any atom is -0.390 e. The van der Waals surface area contributed by atoms with E-state index in [1.54, 1.807) is 0 Å². The van der Waals surface area contributed by atoms with Crippen molar-refractivity contribution in [2.24, 2.45) is 0 Å². The van der Waals surface area contributed by atoms with E-state index in [0.29, 0.717) is 5.11 Å². The third kappa shape index (κ3) is 4.91. The number of thiocarbonyl (C=S) groups is 1. The Kier molecular flexibility index (Phi) is 5.22. The predicted octanol–water partition coefficient (Wildman–Crippen LogP) is 2.07. The van der Waals surface area contributed by atoms with Crippen molar-refractivity contribution in [3.8, 4) is 0 Å².